The Morgan fingerprint density at radius 3 is 2.80 bits per heavy atom. The quantitative estimate of drug-likeness (QED) is 0.654. The van der Waals surface area contributed by atoms with Gasteiger partial charge in [0.15, 0.2) is 0 Å². The van der Waals surface area contributed by atoms with E-state index < -0.39 is 0 Å². The minimum absolute atomic E-state index is 0.714. The molecular weight excluding hydrogens is 268 g/mol. The number of fused-ring (bicyclic) bond motifs is 1. The zero-order valence-corrected chi connectivity index (χ0v) is 12.6. The normalized spacial score (nSPS) is 17.2. The monoisotopic (exact) mass is 290 g/mol. The molecule has 5 heteroatoms. The van der Waals surface area contributed by atoms with Gasteiger partial charge in [-0.3, -0.25) is 0 Å². The molecule has 20 heavy (non-hydrogen) atoms. The lowest BCUT2D eigenvalue weighted by atomic mass is 10.1. The van der Waals surface area contributed by atoms with Gasteiger partial charge in [0.25, 0.3) is 0 Å². The number of rotatable bonds is 5. The molecule has 2 aromatic rings. The molecule has 0 aliphatic heterocycles. The third-order valence-corrected chi connectivity index (χ3v) is 4.86. The average Bonchev–Trinajstić information content (AvgIpc) is 2.81. The van der Waals surface area contributed by atoms with Gasteiger partial charge in [-0.25, -0.2) is 9.97 Å². The van der Waals surface area contributed by atoms with Gasteiger partial charge in [0, 0.05) is 19.1 Å². The van der Waals surface area contributed by atoms with E-state index in [1.165, 1.54) is 38.5 Å². The predicted molar refractivity (Wildman–Crippen MR) is 85.4 cm³/mol. The summed E-state index contributed by atoms with van der Waals surface area (Å²) in [6.45, 7) is 1.92. The van der Waals surface area contributed by atoms with Crippen LogP contribution in [0.2, 0.25) is 0 Å². The van der Waals surface area contributed by atoms with Crippen molar-refractivity contribution in [3.05, 3.63) is 17.8 Å². The SMILES string of the molecule is c1nc(NCCNC2CCCCCC2)c2sccc2n1. The van der Waals surface area contributed by atoms with Gasteiger partial charge in [-0.1, -0.05) is 25.7 Å². The van der Waals surface area contributed by atoms with Crippen molar-refractivity contribution >= 4 is 27.4 Å². The Bertz CT molecular complexity index is 531. The van der Waals surface area contributed by atoms with Gasteiger partial charge in [0.2, 0.25) is 0 Å². The van der Waals surface area contributed by atoms with Crippen LogP contribution < -0.4 is 10.6 Å². The third kappa shape index (κ3) is 3.46. The predicted octanol–water partition coefficient (Wildman–Crippen LogP) is 3.42. The molecule has 1 aliphatic rings. The molecular formula is C15H22N4S. The van der Waals surface area contributed by atoms with E-state index in [0.717, 1.165) is 29.1 Å². The molecule has 1 aliphatic carbocycles. The van der Waals surface area contributed by atoms with Crippen molar-refractivity contribution < 1.29 is 0 Å². The van der Waals surface area contributed by atoms with E-state index in [2.05, 4.69) is 26.0 Å². The second-order valence-corrected chi connectivity index (χ2v) is 6.34. The van der Waals surface area contributed by atoms with Gasteiger partial charge in [-0.2, -0.15) is 0 Å². The molecule has 0 bridgehead atoms. The lowest BCUT2D eigenvalue weighted by Gasteiger charge is -2.16. The second-order valence-electron chi connectivity index (χ2n) is 5.43. The molecule has 1 fully saturated rings. The number of hydrogen-bond acceptors (Lipinski definition) is 5. The Balaban J connectivity index is 1.46. The smallest absolute Gasteiger partial charge is 0.147 e. The van der Waals surface area contributed by atoms with Gasteiger partial charge >= 0.3 is 0 Å². The number of nitrogens with zero attached hydrogens (tertiary/aromatic N) is 2. The topological polar surface area (TPSA) is 49.8 Å². The van der Waals surface area contributed by atoms with Crippen molar-refractivity contribution in [3.8, 4) is 0 Å². The minimum atomic E-state index is 0.714. The number of hydrogen-bond donors (Lipinski definition) is 2. The van der Waals surface area contributed by atoms with Crippen molar-refractivity contribution in [2.45, 2.75) is 44.6 Å². The van der Waals surface area contributed by atoms with Gasteiger partial charge in [0.1, 0.15) is 12.1 Å². The van der Waals surface area contributed by atoms with Crippen LogP contribution in [-0.2, 0) is 0 Å². The number of aromatic nitrogens is 2. The highest BCUT2D eigenvalue weighted by atomic mass is 32.1. The minimum Gasteiger partial charge on any atom is -0.368 e. The van der Waals surface area contributed by atoms with E-state index in [4.69, 9.17) is 0 Å². The highest BCUT2D eigenvalue weighted by Crippen LogP contribution is 2.24. The maximum atomic E-state index is 4.34. The fourth-order valence-electron chi connectivity index (χ4n) is 2.86. The molecule has 0 saturated heterocycles. The van der Waals surface area contributed by atoms with Crippen LogP contribution in [0.15, 0.2) is 17.8 Å². The zero-order chi connectivity index (χ0) is 13.6. The maximum Gasteiger partial charge on any atom is 0.147 e. The van der Waals surface area contributed by atoms with E-state index in [0.29, 0.717) is 6.04 Å². The van der Waals surface area contributed by atoms with E-state index in [-0.39, 0.29) is 0 Å². The molecule has 0 spiro atoms. The number of thiophene rings is 1. The Morgan fingerprint density at radius 1 is 1.10 bits per heavy atom. The van der Waals surface area contributed by atoms with Crippen molar-refractivity contribution in [1.29, 1.82) is 0 Å². The average molecular weight is 290 g/mol. The molecule has 2 N–H and O–H groups in total. The fourth-order valence-corrected chi connectivity index (χ4v) is 3.67. The lowest BCUT2D eigenvalue weighted by Crippen LogP contribution is -2.32. The highest BCUT2D eigenvalue weighted by Gasteiger charge is 2.11. The Kier molecular flexibility index (Phi) is 4.82. The summed E-state index contributed by atoms with van der Waals surface area (Å²) in [5, 5.41) is 9.16. The molecule has 3 rings (SSSR count). The van der Waals surface area contributed by atoms with Gasteiger partial charge < -0.3 is 10.6 Å². The van der Waals surface area contributed by atoms with Crippen LogP contribution in [0.25, 0.3) is 10.2 Å². The van der Waals surface area contributed by atoms with E-state index in [1.54, 1.807) is 17.7 Å². The number of nitrogens with one attached hydrogen (secondary N) is 2. The Morgan fingerprint density at radius 2 is 1.95 bits per heavy atom. The summed E-state index contributed by atoms with van der Waals surface area (Å²) in [6, 6.07) is 2.75. The van der Waals surface area contributed by atoms with Crippen LogP contribution in [0.5, 0.6) is 0 Å². The first-order chi connectivity index (χ1) is 9.93. The summed E-state index contributed by atoms with van der Waals surface area (Å²) in [4.78, 5) is 8.60. The molecule has 0 atom stereocenters. The zero-order valence-electron chi connectivity index (χ0n) is 11.8. The molecule has 108 valence electrons. The summed E-state index contributed by atoms with van der Waals surface area (Å²) < 4.78 is 1.15. The number of anilines is 1. The molecule has 0 unspecified atom stereocenters. The first-order valence-electron chi connectivity index (χ1n) is 7.59. The van der Waals surface area contributed by atoms with Crippen molar-refractivity contribution in [2.75, 3.05) is 18.4 Å². The summed E-state index contributed by atoms with van der Waals surface area (Å²) in [5.74, 6) is 0.965. The highest BCUT2D eigenvalue weighted by molar-refractivity contribution is 7.17. The van der Waals surface area contributed by atoms with Crippen LogP contribution in [0, 0.1) is 0 Å². The van der Waals surface area contributed by atoms with Crippen molar-refractivity contribution in [1.82, 2.24) is 15.3 Å². The molecule has 0 aromatic carbocycles. The Labute approximate surface area is 124 Å². The first-order valence-corrected chi connectivity index (χ1v) is 8.47. The fraction of sp³-hybridized carbons (Fsp3) is 0.600. The van der Waals surface area contributed by atoms with Crippen molar-refractivity contribution in [2.24, 2.45) is 0 Å². The molecule has 1 saturated carbocycles. The van der Waals surface area contributed by atoms with Gasteiger partial charge in [-0.15, -0.1) is 11.3 Å². The summed E-state index contributed by atoms with van der Waals surface area (Å²) >= 11 is 1.69. The largest absolute Gasteiger partial charge is 0.368 e. The molecule has 4 nitrogen and oxygen atoms in total. The Hall–Kier alpha value is -1.20. The van der Waals surface area contributed by atoms with Crippen LogP contribution in [0.3, 0.4) is 0 Å². The molecule has 0 amide bonds. The van der Waals surface area contributed by atoms with Gasteiger partial charge in [0.05, 0.1) is 10.2 Å². The van der Waals surface area contributed by atoms with Crippen LogP contribution >= 0.6 is 11.3 Å². The first kappa shape index (κ1) is 13.8. The lowest BCUT2D eigenvalue weighted by molar-refractivity contribution is 0.468. The van der Waals surface area contributed by atoms with Crippen LogP contribution in [0.1, 0.15) is 38.5 Å². The molecule has 2 aromatic heterocycles. The van der Waals surface area contributed by atoms with E-state index >= 15 is 0 Å². The van der Waals surface area contributed by atoms with Crippen LogP contribution in [-0.4, -0.2) is 29.1 Å². The standard InChI is InChI=1S/C15H22N4S/c1-2-4-6-12(5-3-1)16-8-9-17-15-14-13(7-10-20-14)18-11-19-15/h7,10-12,16H,1-6,8-9H2,(H,17,18,19). The van der Waals surface area contributed by atoms with E-state index in [9.17, 15) is 0 Å². The maximum absolute atomic E-state index is 4.34. The summed E-state index contributed by atoms with van der Waals surface area (Å²) in [6.07, 6.45) is 9.89. The third-order valence-electron chi connectivity index (χ3n) is 3.95. The second kappa shape index (κ2) is 6.99. The van der Waals surface area contributed by atoms with E-state index in [1.807, 2.05) is 6.07 Å². The van der Waals surface area contributed by atoms with Crippen molar-refractivity contribution in [3.63, 3.8) is 0 Å². The molecule has 0 radical (unpaired) electrons. The van der Waals surface area contributed by atoms with Crippen LogP contribution in [0.4, 0.5) is 5.82 Å². The molecule has 2 heterocycles. The summed E-state index contributed by atoms with van der Waals surface area (Å²) in [7, 11) is 0. The summed E-state index contributed by atoms with van der Waals surface area (Å²) in [5.41, 5.74) is 1.03. The van der Waals surface area contributed by atoms with Gasteiger partial charge in [-0.05, 0) is 24.3 Å².